The van der Waals surface area contributed by atoms with E-state index in [1.807, 2.05) is 6.92 Å². The molecule has 6 rings (SSSR count). The fourth-order valence-electron chi connectivity index (χ4n) is 12.8. The van der Waals surface area contributed by atoms with Gasteiger partial charge in [0.25, 0.3) is 0 Å². The molecule has 5 aliphatic carbocycles. The van der Waals surface area contributed by atoms with Gasteiger partial charge in [0.1, 0.15) is 6.79 Å². The topological polar surface area (TPSA) is 79.2 Å². The van der Waals surface area contributed by atoms with E-state index in [-0.39, 0.29) is 52.1 Å². The maximum Gasteiger partial charge on any atom is 0.147 e. The zero-order chi connectivity index (χ0) is 27.4. The molecule has 5 saturated carbocycles. The van der Waals surface area contributed by atoms with Crippen LogP contribution < -0.4 is 0 Å². The molecule has 6 aliphatic rings. The van der Waals surface area contributed by atoms with Crippen LogP contribution in [0.2, 0.25) is 0 Å². The Morgan fingerprint density at radius 3 is 2.26 bits per heavy atom. The van der Waals surface area contributed by atoms with Gasteiger partial charge >= 0.3 is 0 Å². The van der Waals surface area contributed by atoms with E-state index >= 15 is 0 Å². The van der Waals surface area contributed by atoms with Crippen molar-refractivity contribution in [1.29, 1.82) is 0 Å². The number of hydrogen-bond donors (Lipinski definition) is 3. The van der Waals surface area contributed by atoms with Gasteiger partial charge in [-0.2, -0.15) is 0 Å². The van der Waals surface area contributed by atoms with Crippen LogP contribution in [0.4, 0.5) is 0 Å². The minimum absolute atomic E-state index is 0.0166. The smallest absolute Gasteiger partial charge is 0.147 e. The van der Waals surface area contributed by atoms with Crippen molar-refractivity contribution in [2.75, 3.05) is 6.79 Å². The van der Waals surface area contributed by atoms with Crippen LogP contribution in [0.15, 0.2) is 0 Å². The average Bonchev–Trinajstić information content (AvgIpc) is 3.29. The number of fused-ring (bicyclic) bond motifs is 4. The fraction of sp³-hybridized carbons (Fsp3) is 1.00. The third kappa shape index (κ3) is 3.80. The van der Waals surface area contributed by atoms with Crippen LogP contribution in [0, 0.1) is 69.5 Å². The van der Waals surface area contributed by atoms with Gasteiger partial charge in [-0.15, -0.1) is 0 Å². The van der Waals surface area contributed by atoms with Crippen LogP contribution in [-0.2, 0) is 9.47 Å². The van der Waals surface area contributed by atoms with E-state index in [0.29, 0.717) is 42.5 Å². The maximum absolute atomic E-state index is 12.4. The molecule has 1 aliphatic heterocycles. The summed E-state index contributed by atoms with van der Waals surface area (Å²) >= 11 is 0. The van der Waals surface area contributed by atoms with Crippen molar-refractivity contribution in [3.05, 3.63) is 0 Å². The summed E-state index contributed by atoms with van der Waals surface area (Å²) < 4.78 is 11.8. The highest BCUT2D eigenvalue weighted by Crippen LogP contribution is 2.73. The van der Waals surface area contributed by atoms with Crippen molar-refractivity contribution < 1.29 is 24.8 Å². The molecule has 0 bridgehead atoms. The van der Waals surface area contributed by atoms with Gasteiger partial charge in [-0.1, -0.05) is 48.0 Å². The standard InChI is InChI=1S/C33H56O5/c1-17-8-10-22(21-9-11-24-25(12-21)38-16-37-24)23-14-31(5)15-32(6)13-18(2)26(20(4)34)30(36)33(32,7)19(3)28(31)29(35)27(17)23/h17-30,34-36H,8-16H2,1-7H3. The molecule has 0 aromatic rings. The number of rotatable bonds is 2. The van der Waals surface area contributed by atoms with Gasteiger partial charge in [-0.05, 0) is 110 Å². The molecule has 0 amide bonds. The van der Waals surface area contributed by atoms with Crippen LogP contribution in [0.1, 0.15) is 99.8 Å². The Bertz CT molecular complexity index is 893. The molecule has 6 fully saturated rings. The van der Waals surface area contributed by atoms with Gasteiger partial charge in [0.2, 0.25) is 0 Å². The summed E-state index contributed by atoms with van der Waals surface area (Å²) in [6, 6.07) is 0. The molecule has 3 N–H and O–H groups in total. The highest BCUT2D eigenvalue weighted by Gasteiger charge is 2.70. The summed E-state index contributed by atoms with van der Waals surface area (Å²) in [6.45, 7) is 16.5. The van der Waals surface area contributed by atoms with E-state index in [9.17, 15) is 15.3 Å². The second kappa shape index (κ2) is 9.41. The lowest BCUT2D eigenvalue weighted by Gasteiger charge is -2.72. The third-order valence-corrected chi connectivity index (χ3v) is 14.4. The normalized spacial score (nSPS) is 61.3. The summed E-state index contributed by atoms with van der Waals surface area (Å²) in [5, 5.41) is 35.1. The molecule has 218 valence electrons. The van der Waals surface area contributed by atoms with Crippen molar-refractivity contribution in [3.63, 3.8) is 0 Å². The van der Waals surface area contributed by atoms with Crippen molar-refractivity contribution in [1.82, 2.24) is 0 Å². The summed E-state index contributed by atoms with van der Waals surface area (Å²) in [7, 11) is 0. The van der Waals surface area contributed by atoms with Crippen molar-refractivity contribution in [2.24, 2.45) is 69.5 Å². The first-order chi connectivity index (χ1) is 17.8. The zero-order valence-electron chi connectivity index (χ0n) is 25.1. The Labute approximate surface area is 231 Å². The lowest BCUT2D eigenvalue weighted by molar-refractivity contribution is -0.280. The zero-order valence-corrected chi connectivity index (χ0v) is 25.1. The Hall–Kier alpha value is -0.200. The van der Waals surface area contributed by atoms with Crippen molar-refractivity contribution >= 4 is 0 Å². The van der Waals surface area contributed by atoms with Gasteiger partial charge in [-0.3, -0.25) is 0 Å². The van der Waals surface area contributed by atoms with E-state index < -0.39 is 12.2 Å². The lowest BCUT2D eigenvalue weighted by atomic mass is 9.34. The third-order valence-electron chi connectivity index (χ3n) is 14.4. The Morgan fingerprint density at radius 1 is 0.842 bits per heavy atom. The quantitative estimate of drug-likeness (QED) is 0.429. The molecule has 0 aromatic heterocycles. The second-order valence-corrected chi connectivity index (χ2v) is 16.2. The first-order valence-corrected chi connectivity index (χ1v) is 16.1. The van der Waals surface area contributed by atoms with E-state index in [0.717, 1.165) is 25.7 Å². The number of hydrogen-bond acceptors (Lipinski definition) is 5. The van der Waals surface area contributed by atoms with Crippen molar-refractivity contribution in [3.8, 4) is 0 Å². The highest BCUT2D eigenvalue weighted by atomic mass is 16.7. The predicted octanol–water partition coefficient (Wildman–Crippen LogP) is 5.64. The summed E-state index contributed by atoms with van der Waals surface area (Å²) in [4.78, 5) is 0. The van der Waals surface area contributed by atoms with Crippen LogP contribution in [-0.4, -0.2) is 52.6 Å². The number of aliphatic hydroxyl groups is 3. The van der Waals surface area contributed by atoms with Gasteiger partial charge in [-0.25, -0.2) is 0 Å². The average molecular weight is 533 g/mol. The maximum atomic E-state index is 12.4. The van der Waals surface area contributed by atoms with Gasteiger partial charge in [0, 0.05) is 11.3 Å². The van der Waals surface area contributed by atoms with E-state index in [1.54, 1.807) is 0 Å². The number of aliphatic hydroxyl groups excluding tert-OH is 3. The van der Waals surface area contributed by atoms with Crippen LogP contribution in [0.25, 0.3) is 0 Å². The lowest BCUT2D eigenvalue weighted by Crippen LogP contribution is -2.70. The van der Waals surface area contributed by atoms with Gasteiger partial charge < -0.3 is 24.8 Å². The van der Waals surface area contributed by atoms with E-state index in [2.05, 4.69) is 41.5 Å². The molecule has 1 heterocycles. The summed E-state index contributed by atoms with van der Waals surface area (Å²) in [6.07, 6.45) is 8.44. The second-order valence-electron chi connectivity index (χ2n) is 16.2. The largest absolute Gasteiger partial charge is 0.393 e. The molecule has 17 unspecified atom stereocenters. The van der Waals surface area contributed by atoms with E-state index in [1.165, 1.54) is 25.7 Å². The Morgan fingerprint density at radius 2 is 1.55 bits per heavy atom. The molecular formula is C33H56O5. The van der Waals surface area contributed by atoms with Crippen molar-refractivity contribution in [2.45, 2.75) is 130 Å². The Balaban J connectivity index is 1.33. The SMILES string of the molecule is CC(O)C1C(C)CC2(C)CC3(C)CC4C(C5CCC6OCOC6C5)CCC(C)C4C(O)C3C(C)C2(C)C1O. The van der Waals surface area contributed by atoms with Crippen LogP contribution in [0.3, 0.4) is 0 Å². The first-order valence-electron chi connectivity index (χ1n) is 16.1. The molecular weight excluding hydrogens is 476 g/mol. The number of ether oxygens (including phenoxy) is 2. The summed E-state index contributed by atoms with van der Waals surface area (Å²) in [5.74, 6) is 3.33. The van der Waals surface area contributed by atoms with Gasteiger partial charge in [0.05, 0.1) is 30.5 Å². The molecule has 0 aromatic carbocycles. The molecule has 5 nitrogen and oxygen atoms in total. The Kier molecular flexibility index (Phi) is 6.92. The minimum atomic E-state index is -0.555. The molecule has 17 atom stereocenters. The van der Waals surface area contributed by atoms with Crippen LogP contribution in [0.5, 0.6) is 0 Å². The van der Waals surface area contributed by atoms with Gasteiger partial charge in [0.15, 0.2) is 0 Å². The molecule has 0 spiro atoms. The predicted molar refractivity (Wildman–Crippen MR) is 148 cm³/mol. The molecule has 0 radical (unpaired) electrons. The monoisotopic (exact) mass is 532 g/mol. The fourth-order valence-corrected chi connectivity index (χ4v) is 12.8. The summed E-state index contributed by atoms with van der Waals surface area (Å²) in [5.41, 5.74) is -0.281. The molecule has 38 heavy (non-hydrogen) atoms. The molecule has 1 saturated heterocycles. The first kappa shape index (κ1) is 27.9. The van der Waals surface area contributed by atoms with Crippen LogP contribution >= 0.6 is 0 Å². The minimum Gasteiger partial charge on any atom is -0.393 e. The highest BCUT2D eigenvalue weighted by molar-refractivity contribution is 5.18. The van der Waals surface area contributed by atoms with E-state index in [4.69, 9.17) is 9.47 Å². The molecule has 5 heteroatoms.